The van der Waals surface area contributed by atoms with Gasteiger partial charge in [0.25, 0.3) is 0 Å². The first-order chi connectivity index (χ1) is 10.6. The average molecular weight is 331 g/mol. The van der Waals surface area contributed by atoms with Gasteiger partial charge in [-0.05, 0) is 12.3 Å². The van der Waals surface area contributed by atoms with Gasteiger partial charge in [-0.1, -0.05) is 53.7 Å². The fourth-order valence-electron chi connectivity index (χ4n) is 2.03. The fourth-order valence-corrected chi connectivity index (χ4v) is 2.66. The van der Waals surface area contributed by atoms with Crippen molar-refractivity contribution >= 4 is 46.0 Å². The summed E-state index contributed by atoms with van der Waals surface area (Å²) in [5.74, 6) is -0.0827. The average Bonchev–Trinajstić information content (AvgIpc) is 2.54. The molecule has 1 aromatic carbocycles. The number of hydrogen-bond donors (Lipinski definition) is 1. The van der Waals surface area contributed by atoms with Gasteiger partial charge in [-0.15, -0.1) is 0 Å². The van der Waals surface area contributed by atoms with Gasteiger partial charge in [0.05, 0.1) is 10.9 Å². The minimum atomic E-state index is -0.211. The summed E-state index contributed by atoms with van der Waals surface area (Å²) < 4.78 is 0. The van der Waals surface area contributed by atoms with E-state index in [1.807, 2.05) is 12.3 Å². The maximum absolute atomic E-state index is 12.5. The van der Waals surface area contributed by atoms with Gasteiger partial charge in [0, 0.05) is 5.56 Å². The Morgan fingerprint density at radius 3 is 2.59 bits per heavy atom. The number of rotatable bonds is 3. The van der Waals surface area contributed by atoms with Crippen LogP contribution in [0.3, 0.4) is 0 Å². The normalized spacial score (nSPS) is 10.8. The molecule has 0 amide bonds. The van der Waals surface area contributed by atoms with E-state index in [0.29, 0.717) is 27.3 Å². The number of nitrogens with zero attached hydrogens (tertiary/aromatic N) is 3. The molecular formula is C15H11ClN4OS. The molecule has 0 aliphatic rings. The molecule has 3 aromatic rings. The lowest BCUT2D eigenvalue weighted by molar-refractivity contribution is 0.103. The standard InChI is InChI=1S/C15H11ClN4OS/c1-22-15-18-12(16)10-7-9(13(17)19-14(10)20-15)11(21)8-5-3-2-4-6-8/h2-7H,1H3,(H2,17,18,19,20). The molecular weight excluding hydrogens is 320 g/mol. The van der Waals surface area contributed by atoms with E-state index in [1.54, 1.807) is 30.3 Å². The first kappa shape index (κ1) is 14.7. The molecule has 0 atom stereocenters. The highest BCUT2D eigenvalue weighted by Crippen LogP contribution is 2.26. The highest BCUT2D eigenvalue weighted by molar-refractivity contribution is 7.98. The second-order valence-electron chi connectivity index (χ2n) is 4.49. The van der Waals surface area contributed by atoms with Gasteiger partial charge in [-0.3, -0.25) is 4.79 Å². The SMILES string of the molecule is CSc1nc(Cl)c2cc(C(=O)c3ccccc3)c(N)nc2n1. The molecule has 7 heteroatoms. The first-order valence-electron chi connectivity index (χ1n) is 6.37. The van der Waals surface area contributed by atoms with Crippen LogP contribution < -0.4 is 5.73 Å². The van der Waals surface area contributed by atoms with Crippen molar-refractivity contribution in [1.82, 2.24) is 15.0 Å². The van der Waals surface area contributed by atoms with Crippen LogP contribution in [0.25, 0.3) is 11.0 Å². The number of ketones is 1. The lowest BCUT2D eigenvalue weighted by Gasteiger charge is -2.07. The molecule has 0 bridgehead atoms. The van der Waals surface area contributed by atoms with Gasteiger partial charge in [-0.2, -0.15) is 0 Å². The Balaban J connectivity index is 2.17. The lowest BCUT2D eigenvalue weighted by Crippen LogP contribution is -2.08. The van der Waals surface area contributed by atoms with E-state index in [1.165, 1.54) is 11.8 Å². The van der Waals surface area contributed by atoms with Gasteiger partial charge < -0.3 is 5.73 Å². The molecule has 3 rings (SSSR count). The van der Waals surface area contributed by atoms with Crippen molar-refractivity contribution < 1.29 is 4.79 Å². The third-order valence-electron chi connectivity index (χ3n) is 3.11. The number of benzene rings is 1. The maximum atomic E-state index is 12.5. The van der Waals surface area contributed by atoms with Crippen LogP contribution in [0.4, 0.5) is 5.82 Å². The number of nitrogen functional groups attached to an aromatic ring is 1. The fraction of sp³-hybridized carbons (Fsp3) is 0.0667. The van der Waals surface area contributed by atoms with E-state index in [0.717, 1.165) is 0 Å². The lowest BCUT2D eigenvalue weighted by atomic mass is 10.0. The molecule has 0 saturated heterocycles. The Kier molecular flexibility index (Phi) is 3.96. The number of carbonyl (C=O) groups excluding carboxylic acids is 1. The smallest absolute Gasteiger partial charge is 0.196 e. The second-order valence-corrected chi connectivity index (χ2v) is 5.62. The zero-order valence-electron chi connectivity index (χ0n) is 11.6. The van der Waals surface area contributed by atoms with Crippen LogP contribution in [0.5, 0.6) is 0 Å². The maximum Gasteiger partial charge on any atom is 0.196 e. The number of pyridine rings is 1. The van der Waals surface area contributed by atoms with Gasteiger partial charge in [0.2, 0.25) is 0 Å². The highest BCUT2D eigenvalue weighted by Gasteiger charge is 2.17. The third-order valence-corrected chi connectivity index (χ3v) is 3.95. The number of aromatic nitrogens is 3. The van der Waals surface area contributed by atoms with Gasteiger partial charge >= 0.3 is 0 Å². The summed E-state index contributed by atoms with van der Waals surface area (Å²) in [6.45, 7) is 0. The number of carbonyl (C=O) groups is 1. The van der Waals surface area contributed by atoms with Crippen LogP contribution >= 0.6 is 23.4 Å². The molecule has 2 aromatic heterocycles. The van der Waals surface area contributed by atoms with Gasteiger partial charge in [0.1, 0.15) is 11.0 Å². The van der Waals surface area contributed by atoms with Crippen LogP contribution in [-0.2, 0) is 0 Å². The monoisotopic (exact) mass is 330 g/mol. The van der Waals surface area contributed by atoms with Crippen molar-refractivity contribution in [2.75, 3.05) is 12.0 Å². The number of nitrogens with two attached hydrogens (primary N) is 1. The predicted octanol–water partition coefficient (Wildman–Crippen LogP) is 3.21. The molecule has 110 valence electrons. The number of fused-ring (bicyclic) bond motifs is 1. The molecule has 0 unspecified atom stereocenters. The molecule has 0 aliphatic heterocycles. The largest absolute Gasteiger partial charge is 0.383 e. The van der Waals surface area contributed by atoms with E-state index in [2.05, 4.69) is 15.0 Å². The summed E-state index contributed by atoms with van der Waals surface area (Å²) in [6.07, 6.45) is 1.84. The molecule has 2 N–H and O–H groups in total. The molecule has 2 heterocycles. The Morgan fingerprint density at radius 1 is 1.18 bits per heavy atom. The predicted molar refractivity (Wildman–Crippen MR) is 88.4 cm³/mol. The molecule has 0 spiro atoms. The Bertz CT molecular complexity index is 870. The number of hydrogen-bond acceptors (Lipinski definition) is 6. The van der Waals surface area contributed by atoms with E-state index in [-0.39, 0.29) is 16.8 Å². The third kappa shape index (κ3) is 2.63. The van der Waals surface area contributed by atoms with E-state index in [4.69, 9.17) is 17.3 Å². The van der Waals surface area contributed by atoms with Crippen LogP contribution in [0.1, 0.15) is 15.9 Å². The summed E-state index contributed by atoms with van der Waals surface area (Å²) in [6, 6.07) is 10.5. The van der Waals surface area contributed by atoms with Crippen LogP contribution in [0.2, 0.25) is 5.15 Å². The zero-order valence-corrected chi connectivity index (χ0v) is 13.1. The van der Waals surface area contributed by atoms with Crippen molar-refractivity contribution in [3.63, 3.8) is 0 Å². The Labute approximate surface area is 135 Å². The summed E-state index contributed by atoms with van der Waals surface area (Å²) >= 11 is 7.52. The second kappa shape index (κ2) is 5.90. The van der Waals surface area contributed by atoms with Crippen LogP contribution in [0.15, 0.2) is 41.6 Å². The van der Waals surface area contributed by atoms with Crippen LogP contribution in [-0.4, -0.2) is 27.0 Å². The summed E-state index contributed by atoms with van der Waals surface area (Å²) in [5, 5.41) is 1.27. The van der Waals surface area contributed by atoms with Crippen molar-refractivity contribution in [1.29, 1.82) is 0 Å². The zero-order chi connectivity index (χ0) is 15.7. The minimum Gasteiger partial charge on any atom is -0.383 e. The molecule has 0 aliphatic carbocycles. The molecule has 22 heavy (non-hydrogen) atoms. The van der Waals surface area contributed by atoms with Crippen molar-refractivity contribution in [2.45, 2.75) is 5.16 Å². The van der Waals surface area contributed by atoms with Crippen LogP contribution in [0, 0.1) is 0 Å². The summed E-state index contributed by atoms with van der Waals surface area (Å²) in [5.41, 5.74) is 7.13. The van der Waals surface area contributed by atoms with E-state index in [9.17, 15) is 4.79 Å². The molecule has 0 saturated carbocycles. The number of thioether (sulfide) groups is 1. The summed E-state index contributed by atoms with van der Waals surface area (Å²) in [4.78, 5) is 25.1. The Morgan fingerprint density at radius 2 is 1.91 bits per heavy atom. The Hall–Kier alpha value is -2.18. The molecule has 0 radical (unpaired) electrons. The summed E-state index contributed by atoms with van der Waals surface area (Å²) in [7, 11) is 0. The van der Waals surface area contributed by atoms with Gasteiger partial charge in [0.15, 0.2) is 16.6 Å². The number of halogens is 1. The van der Waals surface area contributed by atoms with E-state index >= 15 is 0 Å². The molecule has 5 nitrogen and oxygen atoms in total. The number of anilines is 1. The first-order valence-corrected chi connectivity index (χ1v) is 7.98. The quantitative estimate of drug-likeness (QED) is 0.344. The topological polar surface area (TPSA) is 81.8 Å². The van der Waals surface area contributed by atoms with Gasteiger partial charge in [-0.25, -0.2) is 15.0 Å². The van der Waals surface area contributed by atoms with Crippen molar-refractivity contribution in [3.8, 4) is 0 Å². The minimum absolute atomic E-state index is 0.128. The van der Waals surface area contributed by atoms with Crippen molar-refractivity contribution in [2.24, 2.45) is 0 Å². The highest BCUT2D eigenvalue weighted by atomic mass is 35.5. The molecule has 0 fully saturated rings. The van der Waals surface area contributed by atoms with E-state index < -0.39 is 0 Å². The van der Waals surface area contributed by atoms with Crippen molar-refractivity contribution in [3.05, 3.63) is 52.7 Å².